The first-order valence-electron chi connectivity index (χ1n) is 5.82. The Hall–Kier alpha value is -1.09. The van der Waals surface area contributed by atoms with Crippen LogP contribution >= 0.6 is 15.9 Å². The van der Waals surface area contributed by atoms with Gasteiger partial charge in [0.15, 0.2) is 0 Å². The molecule has 1 aromatic carbocycles. The summed E-state index contributed by atoms with van der Waals surface area (Å²) in [5.74, 6) is 1.05. The van der Waals surface area contributed by atoms with Gasteiger partial charge >= 0.3 is 0 Å². The molecule has 1 aromatic heterocycles. The fourth-order valence-electron chi connectivity index (χ4n) is 1.95. The fraction of sp³-hybridized carbons (Fsp3) is 0.357. The minimum atomic E-state index is 0.979. The van der Waals surface area contributed by atoms with Crippen LogP contribution in [0.5, 0.6) is 0 Å². The van der Waals surface area contributed by atoms with Crippen LogP contribution in [0.4, 0.5) is 0 Å². The van der Waals surface area contributed by atoms with Gasteiger partial charge in [0.05, 0.1) is 5.69 Å². The van der Waals surface area contributed by atoms with Crippen molar-refractivity contribution in [2.24, 2.45) is 7.05 Å². The van der Waals surface area contributed by atoms with E-state index in [1.54, 1.807) is 0 Å². The van der Waals surface area contributed by atoms with Crippen molar-refractivity contribution >= 4 is 15.9 Å². The molecular formula is C14H17BrN2. The Morgan fingerprint density at radius 3 is 2.47 bits per heavy atom. The van der Waals surface area contributed by atoms with Crippen LogP contribution in [0, 0.1) is 13.8 Å². The molecule has 0 amide bonds. The van der Waals surface area contributed by atoms with Crippen LogP contribution in [0.2, 0.25) is 0 Å². The van der Waals surface area contributed by atoms with Gasteiger partial charge in [0.2, 0.25) is 0 Å². The molecule has 3 heteroatoms. The smallest absolute Gasteiger partial charge is 0.108 e. The largest absolute Gasteiger partial charge is 0.326 e. The summed E-state index contributed by atoms with van der Waals surface area (Å²) in [6.07, 6.45) is 2.02. The maximum absolute atomic E-state index is 4.57. The molecule has 0 radical (unpaired) electrons. The zero-order valence-electron chi connectivity index (χ0n) is 10.5. The summed E-state index contributed by atoms with van der Waals surface area (Å²) in [5, 5.41) is 0. The monoisotopic (exact) mass is 292 g/mol. The Bertz CT molecular complexity index is 529. The van der Waals surface area contributed by atoms with E-state index in [9.17, 15) is 0 Å². The lowest BCUT2D eigenvalue weighted by atomic mass is 10.0. The number of benzene rings is 1. The maximum atomic E-state index is 4.57. The maximum Gasteiger partial charge on any atom is 0.108 e. The standard InChI is InChI=1S/C14H17BrN2/c1-10-6-4-5-7-12(10)8-9-13-14(15)17(3)11(2)16-13/h4-7H,8-9H2,1-3H3. The minimum absolute atomic E-state index is 0.979. The SMILES string of the molecule is Cc1ccccc1CCc1nc(C)n(C)c1Br. The second kappa shape index (κ2) is 5.05. The van der Waals surface area contributed by atoms with Crippen molar-refractivity contribution in [2.75, 3.05) is 0 Å². The lowest BCUT2D eigenvalue weighted by molar-refractivity contribution is 0.838. The molecule has 0 N–H and O–H groups in total. The number of halogens is 1. The first-order chi connectivity index (χ1) is 8.09. The third-order valence-electron chi connectivity index (χ3n) is 3.21. The first-order valence-corrected chi connectivity index (χ1v) is 6.61. The summed E-state index contributed by atoms with van der Waals surface area (Å²) in [6.45, 7) is 4.19. The zero-order chi connectivity index (χ0) is 12.4. The van der Waals surface area contributed by atoms with Crippen LogP contribution in [0.1, 0.15) is 22.6 Å². The molecule has 2 aromatic rings. The summed E-state index contributed by atoms with van der Waals surface area (Å²) in [6, 6.07) is 8.54. The predicted molar refractivity (Wildman–Crippen MR) is 74.2 cm³/mol. The van der Waals surface area contributed by atoms with Gasteiger partial charge in [0.1, 0.15) is 10.4 Å². The molecule has 0 atom stereocenters. The van der Waals surface area contributed by atoms with Gasteiger partial charge in [-0.3, -0.25) is 0 Å². The predicted octanol–water partition coefficient (Wildman–Crippen LogP) is 3.58. The van der Waals surface area contributed by atoms with Crippen molar-refractivity contribution in [2.45, 2.75) is 26.7 Å². The lowest BCUT2D eigenvalue weighted by Crippen LogP contribution is -1.95. The number of imidazole rings is 1. The van der Waals surface area contributed by atoms with E-state index >= 15 is 0 Å². The third-order valence-corrected chi connectivity index (χ3v) is 4.20. The van der Waals surface area contributed by atoms with E-state index in [1.165, 1.54) is 11.1 Å². The highest BCUT2D eigenvalue weighted by molar-refractivity contribution is 9.10. The highest BCUT2D eigenvalue weighted by atomic mass is 79.9. The van der Waals surface area contributed by atoms with E-state index in [2.05, 4.69) is 56.7 Å². The molecule has 0 aliphatic heterocycles. The molecule has 2 nitrogen and oxygen atoms in total. The molecule has 0 aliphatic carbocycles. The molecule has 0 spiro atoms. The Balaban J connectivity index is 2.13. The van der Waals surface area contributed by atoms with Gasteiger partial charge in [-0.15, -0.1) is 0 Å². The van der Waals surface area contributed by atoms with E-state index in [4.69, 9.17) is 0 Å². The highest BCUT2D eigenvalue weighted by Gasteiger charge is 2.09. The van der Waals surface area contributed by atoms with Crippen LogP contribution < -0.4 is 0 Å². The van der Waals surface area contributed by atoms with Crippen LogP contribution in [-0.4, -0.2) is 9.55 Å². The molecule has 17 heavy (non-hydrogen) atoms. The molecule has 0 unspecified atom stereocenters. The Labute approximate surface area is 111 Å². The molecule has 0 saturated carbocycles. The number of hydrogen-bond acceptors (Lipinski definition) is 1. The van der Waals surface area contributed by atoms with Gasteiger partial charge in [-0.05, 0) is 53.7 Å². The zero-order valence-corrected chi connectivity index (χ0v) is 12.1. The topological polar surface area (TPSA) is 17.8 Å². The van der Waals surface area contributed by atoms with Crippen LogP contribution in [0.15, 0.2) is 28.9 Å². The number of aryl methyl sites for hydroxylation is 4. The Morgan fingerprint density at radius 1 is 1.18 bits per heavy atom. The second-order valence-electron chi connectivity index (χ2n) is 4.38. The van der Waals surface area contributed by atoms with Gasteiger partial charge in [-0.2, -0.15) is 0 Å². The normalized spacial score (nSPS) is 10.8. The molecule has 0 fully saturated rings. The lowest BCUT2D eigenvalue weighted by Gasteiger charge is -2.04. The summed E-state index contributed by atoms with van der Waals surface area (Å²) in [4.78, 5) is 4.57. The Kier molecular flexibility index (Phi) is 3.67. The first kappa shape index (κ1) is 12.4. The molecule has 1 heterocycles. The average molecular weight is 293 g/mol. The molecule has 2 rings (SSSR count). The van der Waals surface area contributed by atoms with E-state index < -0.39 is 0 Å². The van der Waals surface area contributed by atoms with E-state index in [1.807, 2.05) is 14.0 Å². The van der Waals surface area contributed by atoms with Crippen molar-refractivity contribution in [1.82, 2.24) is 9.55 Å². The summed E-state index contributed by atoms with van der Waals surface area (Å²) >= 11 is 3.59. The fourth-order valence-corrected chi connectivity index (χ4v) is 2.50. The van der Waals surface area contributed by atoms with E-state index in [0.717, 1.165) is 29.0 Å². The molecule has 90 valence electrons. The van der Waals surface area contributed by atoms with Crippen LogP contribution in [0.25, 0.3) is 0 Å². The van der Waals surface area contributed by atoms with Gasteiger partial charge in [0, 0.05) is 7.05 Å². The van der Waals surface area contributed by atoms with Crippen LogP contribution in [-0.2, 0) is 19.9 Å². The van der Waals surface area contributed by atoms with Crippen molar-refractivity contribution in [3.05, 3.63) is 51.5 Å². The highest BCUT2D eigenvalue weighted by Crippen LogP contribution is 2.19. The quantitative estimate of drug-likeness (QED) is 0.845. The van der Waals surface area contributed by atoms with Gasteiger partial charge in [-0.1, -0.05) is 24.3 Å². The van der Waals surface area contributed by atoms with Gasteiger partial charge < -0.3 is 4.57 Å². The third kappa shape index (κ3) is 2.60. The summed E-state index contributed by atoms with van der Waals surface area (Å²) < 4.78 is 3.18. The van der Waals surface area contributed by atoms with E-state index in [0.29, 0.717) is 0 Å². The van der Waals surface area contributed by atoms with Crippen LogP contribution in [0.3, 0.4) is 0 Å². The summed E-state index contributed by atoms with van der Waals surface area (Å²) in [5.41, 5.74) is 3.91. The minimum Gasteiger partial charge on any atom is -0.326 e. The number of aromatic nitrogens is 2. The number of hydrogen-bond donors (Lipinski definition) is 0. The molecule has 0 bridgehead atoms. The van der Waals surface area contributed by atoms with E-state index in [-0.39, 0.29) is 0 Å². The summed E-state index contributed by atoms with van der Waals surface area (Å²) in [7, 11) is 2.03. The Morgan fingerprint density at radius 2 is 1.88 bits per heavy atom. The second-order valence-corrected chi connectivity index (χ2v) is 5.13. The number of nitrogens with zero attached hydrogens (tertiary/aromatic N) is 2. The van der Waals surface area contributed by atoms with Crippen molar-refractivity contribution < 1.29 is 0 Å². The van der Waals surface area contributed by atoms with Crippen molar-refractivity contribution in [1.29, 1.82) is 0 Å². The molecule has 0 saturated heterocycles. The van der Waals surface area contributed by atoms with Gasteiger partial charge in [0.25, 0.3) is 0 Å². The molecular weight excluding hydrogens is 276 g/mol. The molecule has 0 aliphatic rings. The van der Waals surface area contributed by atoms with Crippen molar-refractivity contribution in [3.63, 3.8) is 0 Å². The van der Waals surface area contributed by atoms with Crippen molar-refractivity contribution in [3.8, 4) is 0 Å². The number of rotatable bonds is 3. The average Bonchev–Trinajstić information content (AvgIpc) is 2.56. The van der Waals surface area contributed by atoms with Gasteiger partial charge in [-0.25, -0.2) is 4.98 Å².